The molecule has 1 aliphatic carbocycles. The molecule has 1 aliphatic rings. The lowest BCUT2D eigenvalue weighted by atomic mass is 9.77. The van der Waals surface area contributed by atoms with E-state index in [0.29, 0.717) is 23.1 Å². The van der Waals surface area contributed by atoms with E-state index in [4.69, 9.17) is 19.9 Å². The molecule has 0 unspecified atom stereocenters. The van der Waals surface area contributed by atoms with Gasteiger partial charge in [-0.3, -0.25) is 0 Å². The van der Waals surface area contributed by atoms with Gasteiger partial charge in [0, 0.05) is 15.9 Å². The molecular formula is C23H25N3O3S. The molecule has 30 heavy (non-hydrogen) atoms. The fourth-order valence-electron chi connectivity index (χ4n) is 3.95. The van der Waals surface area contributed by atoms with Gasteiger partial charge in [-0.05, 0) is 35.8 Å². The van der Waals surface area contributed by atoms with E-state index in [1.165, 1.54) is 16.8 Å². The molecule has 0 saturated heterocycles. The van der Waals surface area contributed by atoms with Gasteiger partial charge in [-0.15, -0.1) is 11.3 Å². The Morgan fingerprint density at radius 1 is 1.03 bits per heavy atom. The van der Waals surface area contributed by atoms with Crippen molar-refractivity contribution in [1.82, 2.24) is 9.97 Å². The molecular weight excluding hydrogens is 398 g/mol. The SMILES string of the molecule is COc1cc(/C=C/C2=Cc3c(sc4ncnc(N)c34)C(C)(C)C2)cc(OC)c1OC. The second-order valence-corrected chi connectivity index (χ2v) is 8.85. The number of anilines is 1. The monoisotopic (exact) mass is 423 g/mol. The lowest BCUT2D eigenvalue weighted by molar-refractivity contribution is 0.324. The van der Waals surface area contributed by atoms with Crippen molar-refractivity contribution in [2.45, 2.75) is 25.7 Å². The lowest BCUT2D eigenvalue weighted by Gasteiger charge is -2.29. The molecule has 3 aromatic rings. The number of benzene rings is 1. The number of hydrogen-bond acceptors (Lipinski definition) is 7. The minimum atomic E-state index is -0.0170. The van der Waals surface area contributed by atoms with Crippen LogP contribution in [0.3, 0.4) is 0 Å². The maximum atomic E-state index is 6.18. The van der Waals surface area contributed by atoms with E-state index in [1.807, 2.05) is 12.1 Å². The largest absolute Gasteiger partial charge is 0.493 e. The Hall–Kier alpha value is -3.06. The third kappa shape index (κ3) is 3.39. The Morgan fingerprint density at radius 2 is 1.73 bits per heavy atom. The van der Waals surface area contributed by atoms with Crippen molar-refractivity contribution in [3.8, 4) is 17.2 Å². The van der Waals surface area contributed by atoms with Crippen LogP contribution in [0.4, 0.5) is 5.82 Å². The van der Waals surface area contributed by atoms with E-state index in [9.17, 15) is 0 Å². The summed E-state index contributed by atoms with van der Waals surface area (Å²) in [5.41, 5.74) is 9.48. The third-order valence-electron chi connectivity index (χ3n) is 5.32. The summed E-state index contributed by atoms with van der Waals surface area (Å²) in [5, 5.41) is 0.948. The van der Waals surface area contributed by atoms with Crippen LogP contribution in [-0.4, -0.2) is 31.3 Å². The minimum Gasteiger partial charge on any atom is -0.493 e. The van der Waals surface area contributed by atoms with Crippen molar-refractivity contribution in [3.05, 3.63) is 46.1 Å². The van der Waals surface area contributed by atoms with Gasteiger partial charge in [0.2, 0.25) is 5.75 Å². The van der Waals surface area contributed by atoms with E-state index >= 15 is 0 Å². The molecule has 7 heteroatoms. The van der Waals surface area contributed by atoms with Gasteiger partial charge in [0.15, 0.2) is 11.5 Å². The molecule has 0 aliphatic heterocycles. The fraction of sp³-hybridized carbons (Fsp3) is 0.304. The summed E-state index contributed by atoms with van der Waals surface area (Å²) < 4.78 is 16.3. The number of thiophene rings is 1. The Kier molecular flexibility index (Phi) is 5.15. The van der Waals surface area contributed by atoms with Crippen LogP contribution in [0.15, 0.2) is 30.1 Å². The standard InChI is InChI=1S/C23H25N3O3S/c1-23(2)11-14(8-15-18-21(24)25-12-26-22(18)30-20(15)23)7-6-13-9-16(27-3)19(29-5)17(10-13)28-4/h6-10,12H,11H2,1-5H3,(H2,24,25,26)/b7-6+. The van der Waals surface area contributed by atoms with Crippen LogP contribution in [0.1, 0.15) is 36.3 Å². The zero-order chi connectivity index (χ0) is 21.5. The number of fused-ring (bicyclic) bond motifs is 3. The average molecular weight is 424 g/mol. The van der Waals surface area contributed by atoms with Crippen molar-refractivity contribution in [2.24, 2.45) is 0 Å². The Labute approximate surface area is 180 Å². The van der Waals surface area contributed by atoms with Crippen molar-refractivity contribution in [2.75, 3.05) is 27.1 Å². The van der Waals surface area contributed by atoms with Crippen molar-refractivity contribution in [3.63, 3.8) is 0 Å². The molecule has 0 bridgehead atoms. The normalized spacial score (nSPS) is 15.2. The van der Waals surface area contributed by atoms with Crippen molar-refractivity contribution in [1.29, 1.82) is 0 Å². The minimum absolute atomic E-state index is 0.0170. The predicted octanol–water partition coefficient (Wildman–Crippen LogP) is 5.08. The molecule has 4 rings (SSSR count). The van der Waals surface area contributed by atoms with Crippen LogP contribution in [-0.2, 0) is 5.41 Å². The molecule has 2 heterocycles. The summed E-state index contributed by atoms with van der Waals surface area (Å²) in [6.45, 7) is 4.51. The van der Waals surface area contributed by atoms with Gasteiger partial charge >= 0.3 is 0 Å². The first kappa shape index (κ1) is 20.2. The maximum Gasteiger partial charge on any atom is 0.203 e. The summed E-state index contributed by atoms with van der Waals surface area (Å²) in [7, 11) is 4.84. The zero-order valence-corrected chi connectivity index (χ0v) is 18.6. The van der Waals surface area contributed by atoms with Gasteiger partial charge in [-0.2, -0.15) is 0 Å². The number of nitrogens with two attached hydrogens (primary N) is 1. The van der Waals surface area contributed by atoms with Crippen molar-refractivity contribution < 1.29 is 14.2 Å². The van der Waals surface area contributed by atoms with Gasteiger partial charge in [-0.1, -0.05) is 26.0 Å². The smallest absolute Gasteiger partial charge is 0.203 e. The van der Waals surface area contributed by atoms with Crippen LogP contribution < -0.4 is 19.9 Å². The average Bonchev–Trinajstić information content (AvgIpc) is 3.12. The highest BCUT2D eigenvalue weighted by Crippen LogP contribution is 2.47. The fourth-order valence-corrected chi connectivity index (χ4v) is 5.18. The van der Waals surface area contributed by atoms with E-state index < -0.39 is 0 Å². The predicted molar refractivity (Wildman–Crippen MR) is 123 cm³/mol. The first-order chi connectivity index (χ1) is 14.4. The number of methoxy groups -OCH3 is 3. The van der Waals surface area contributed by atoms with Crippen LogP contribution >= 0.6 is 11.3 Å². The van der Waals surface area contributed by atoms with Crippen molar-refractivity contribution >= 4 is 39.5 Å². The second-order valence-electron chi connectivity index (χ2n) is 7.86. The highest BCUT2D eigenvalue weighted by Gasteiger charge is 2.32. The zero-order valence-electron chi connectivity index (χ0n) is 17.8. The number of rotatable bonds is 5. The number of hydrogen-bond donors (Lipinski definition) is 1. The Balaban J connectivity index is 1.77. The van der Waals surface area contributed by atoms with Crippen LogP contribution in [0, 0.1) is 0 Å². The Bertz CT molecular complexity index is 1150. The molecule has 1 aromatic carbocycles. The highest BCUT2D eigenvalue weighted by molar-refractivity contribution is 7.19. The summed E-state index contributed by atoms with van der Waals surface area (Å²) in [5.74, 6) is 2.37. The molecule has 0 atom stereocenters. The molecule has 6 nitrogen and oxygen atoms in total. The van der Waals surface area contributed by atoms with Crippen LogP contribution in [0.2, 0.25) is 0 Å². The van der Waals surface area contributed by atoms with Gasteiger partial charge < -0.3 is 19.9 Å². The van der Waals surface area contributed by atoms with Gasteiger partial charge in [0.05, 0.1) is 26.7 Å². The van der Waals surface area contributed by atoms with E-state index in [1.54, 1.807) is 32.7 Å². The summed E-state index contributed by atoms with van der Waals surface area (Å²) in [4.78, 5) is 10.9. The molecule has 0 amide bonds. The van der Waals surface area contributed by atoms with Gasteiger partial charge in [0.25, 0.3) is 0 Å². The van der Waals surface area contributed by atoms with E-state index in [2.05, 4.69) is 42.0 Å². The molecule has 2 N–H and O–H groups in total. The molecule has 0 radical (unpaired) electrons. The molecule has 0 saturated carbocycles. The Morgan fingerprint density at radius 3 is 2.37 bits per heavy atom. The lowest BCUT2D eigenvalue weighted by Crippen LogP contribution is -2.20. The van der Waals surface area contributed by atoms with E-state index in [0.717, 1.165) is 27.8 Å². The topological polar surface area (TPSA) is 79.5 Å². The summed E-state index contributed by atoms with van der Waals surface area (Å²) in [6.07, 6.45) is 8.84. The number of aromatic nitrogens is 2. The molecule has 0 fully saturated rings. The summed E-state index contributed by atoms with van der Waals surface area (Å²) >= 11 is 1.70. The number of allylic oxidation sites excluding steroid dienone is 2. The van der Waals surface area contributed by atoms with Gasteiger partial charge in [0.1, 0.15) is 17.0 Å². The molecule has 156 valence electrons. The number of nitrogens with zero attached hydrogens (tertiary/aromatic N) is 2. The van der Waals surface area contributed by atoms with E-state index in [-0.39, 0.29) is 5.41 Å². The second kappa shape index (κ2) is 7.65. The summed E-state index contributed by atoms with van der Waals surface area (Å²) in [6, 6.07) is 3.87. The highest BCUT2D eigenvalue weighted by atomic mass is 32.1. The number of ether oxygens (including phenoxy) is 3. The maximum absolute atomic E-state index is 6.18. The third-order valence-corrected chi connectivity index (χ3v) is 6.80. The van der Waals surface area contributed by atoms with Gasteiger partial charge in [-0.25, -0.2) is 9.97 Å². The quantitative estimate of drug-likeness (QED) is 0.617. The van der Waals surface area contributed by atoms with Crippen LogP contribution in [0.25, 0.3) is 22.4 Å². The first-order valence-corrected chi connectivity index (χ1v) is 10.4. The van der Waals surface area contributed by atoms with Crippen LogP contribution in [0.5, 0.6) is 17.2 Å². The number of nitrogen functional groups attached to an aromatic ring is 1. The molecule has 0 spiro atoms. The first-order valence-electron chi connectivity index (χ1n) is 9.60. The molecule has 2 aromatic heterocycles.